The number of carbonyl (C=O) groups excluding carboxylic acids is 2. The van der Waals surface area contributed by atoms with E-state index in [-0.39, 0.29) is 23.9 Å². The van der Waals surface area contributed by atoms with Crippen molar-refractivity contribution < 1.29 is 14.3 Å². The van der Waals surface area contributed by atoms with Crippen molar-refractivity contribution in [1.29, 1.82) is 0 Å². The largest absolute Gasteiger partial charge is 0.381 e. The average Bonchev–Trinajstić information content (AvgIpc) is 3.24. The van der Waals surface area contributed by atoms with Crippen LogP contribution in [0.15, 0.2) is 12.4 Å². The highest BCUT2D eigenvalue weighted by Crippen LogP contribution is 2.35. The van der Waals surface area contributed by atoms with Crippen molar-refractivity contribution in [3.63, 3.8) is 0 Å². The highest BCUT2D eigenvalue weighted by Gasteiger charge is 2.50. The summed E-state index contributed by atoms with van der Waals surface area (Å²) in [6.07, 6.45) is 6.72. The van der Waals surface area contributed by atoms with Crippen LogP contribution in [0.25, 0.3) is 0 Å². The SMILES string of the molecule is CC(=O)N1CC(=O)N(c2cnn(C)c2)C[C@]12CCN(CC1CCOCC1)C2. The zero-order valence-electron chi connectivity index (χ0n) is 16.3. The van der Waals surface area contributed by atoms with Crippen LogP contribution in [-0.4, -0.2) is 82.9 Å². The summed E-state index contributed by atoms with van der Waals surface area (Å²) >= 11 is 0. The predicted octanol–water partition coefficient (Wildman–Crippen LogP) is 0.486. The van der Waals surface area contributed by atoms with Crippen LogP contribution in [0.1, 0.15) is 26.2 Å². The van der Waals surface area contributed by atoms with Gasteiger partial charge in [-0.3, -0.25) is 14.3 Å². The zero-order chi connectivity index (χ0) is 19.0. The molecule has 4 heterocycles. The maximum Gasteiger partial charge on any atom is 0.246 e. The lowest BCUT2D eigenvalue weighted by molar-refractivity contribution is -0.142. The minimum absolute atomic E-state index is 0.0119. The van der Waals surface area contributed by atoms with E-state index in [4.69, 9.17) is 4.74 Å². The molecule has 1 atom stereocenters. The van der Waals surface area contributed by atoms with Crippen molar-refractivity contribution in [2.24, 2.45) is 13.0 Å². The maximum absolute atomic E-state index is 12.7. The number of ether oxygens (including phenoxy) is 1. The number of aromatic nitrogens is 2. The molecule has 1 aromatic rings. The Morgan fingerprint density at radius 2 is 2.11 bits per heavy atom. The second-order valence-electron chi connectivity index (χ2n) is 8.22. The van der Waals surface area contributed by atoms with Gasteiger partial charge in [0.15, 0.2) is 0 Å². The van der Waals surface area contributed by atoms with Gasteiger partial charge >= 0.3 is 0 Å². The van der Waals surface area contributed by atoms with Gasteiger partial charge in [0, 0.05) is 53.0 Å². The Balaban J connectivity index is 1.52. The van der Waals surface area contributed by atoms with Gasteiger partial charge < -0.3 is 19.4 Å². The van der Waals surface area contributed by atoms with Gasteiger partial charge in [0.05, 0.1) is 24.0 Å². The smallest absolute Gasteiger partial charge is 0.246 e. The summed E-state index contributed by atoms with van der Waals surface area (Å²) in [6, 6.07) is 0. The molecule has 3 aliphatic heterocycles. The first kappa shape index (κ1) is 18.4. The zero-order valence-corrected chi connectivity index (χ0v) is 16.3. The van der Waals surface area contributed by atoms with Gasteiger partial charge in [0.1, 0.15) is 6.54 Å². The molecular weight excluding hydrogens is 346 g/mol. The summed E-state index contributed by atoms with van der Waals surface area (Å²) in [4.78, 5) is 31.2. The Labute approximate surface area is 160 Å². The normalized spacial score (nSPS) is 27.7. The predicted molar refractivity (Wildman–Crippen MR) is 100 cm³/mol. The van der Waals surface area contributed by atoms with E-state index in [1.54, 1.807) is 17.8 Å². The number of hydrogen-bond donors (Lipinski definition) is 0. The van der Waals surface area contributed by atoms with Crippen molar-refractivity contribution >= 4 is 17.5 Å². The lowest BCUT2D eigenvalue weighted by Crippen LogP contribution is -2.66. The number of likely N-dealkylation sites (tertiary alicyclic amines) is 1. The van der Waals surface area contributed by atoms with Gasteiger partial charge in [-0.2, -0.15) is 5.10 Å². The fourth-order valence-corrected chi connectivity index (χ4v) is 4.82. The topological polar surface area (TPSA) is 70.9 Å². The monoisotopic (exact) mass is 375 g/mol. The van der Waals surface area contributed by atoms with Crippen LogP contribution >= 0.6 is 0 Å². The van der Waals surface area contributed by atoms with Gasteiger partial charge in [-0.25, -0.2) is 0 Å². The van der Waals surface area contributed by atoms with Gasteiger partial charge in [-0.05, 0) is 25.2 Å². The third kappa shape index (κ3) is 3.60. The molecule has 0 radical (unpaired) electrons. The van der Waals surface area contributed by atoms with Gasteiger partial charge in [0.25, 0.3) is 0 Å². The number of aryl methyl sites for hydroxylation is 1. The molecule has 3 aliphatic rings. The number of piperazine rings is 1. The number of amides is 2. The second kappa shape index (κ2) is 7.24. The maximum atomic E-state index is 12.7. The molecule has 0 aromatic carbocycles. The third-order valence-corrected chi connectivity index (χ3v) is 6.27. The summed E-state index contributed by atoms with van der Waals surface area (Å²) in [6.45, 7) is 6.83. The van der Waals surface area contributed by atoms with Crippen LogP contribution in [0.3, 0.4) is 0 Å². The highest BCUT2D eigenvalue weighted by atomic mass is 16.5. The molecule has 3 saturated heterocycles. The molecule has 0 bridgehead atoms. The average molecular weight is 375 g/mol. The fraction of sp³-hybridized carbons (Fsp3) is 0.737. The van der Waals surface area contributed by atoms with Crippen molar-refractivity contribution in [1.82, 2.24) is 19.6 Å². The standard InChI is InChI=1S/C19H29N5O3/c1-15(25)24-12-18(26)23(17-9-20-21(2)11-17)14-19(24)5-6-22(13-19)10-16-3-7-27-8-4-16/h9,11,16H,3-8,10,12-14H2,1-2H3/t19-/m1/s1. The Hall–Kier alpha value is -1.93. The first-order valence-corrected chi connectivity index (χ1v) is 9.84. The van der Waals surface area contributed by atoms with Gasteiger partial charge in [-0.1, -0.05) is 0 Å². The van der Waals surface area contributed by atoms with E-state index in [1.165, 1.54) is 0 Å². The summed E-state index contributed by atoms with van der Waals surface area (Å²) in [5.74, 6) is 0.619. The molecule has 8 nitrogen and oxygen atoms in total. The molecule has 148 valence electrons. The summed E-state index contributed by atoms with van der Waals surface area (Å²) in [5.41, 5.74) is 0.508. The van der Waals surface area contributed by atoms with E-state index >= 15 is 0 Å². The van der Waals surface area contributed by atoms with Crippen molar-refractivity contribution in [2.75, 3.05) is 50.8 Å². The lowest BCUT2D eigenvalue weighted by Gasteiger charge is -2.48. The molecule has 2 amide bonds. The Bertz CT molecular complexity index is 714. The quantitative estimate of drug-likeness (QED) is 0.769. The Morgan fingerprint density at radius 1 is 1.33 bits per heavy atom. The fourth-order valence-electron chi connectivity index (χ4n) is 4.82. The first-order valence-electron chi connectivity index (χ1n) is 9.84. The molecular formula is C19H29N5O3. The minimum Gasteiger partial charge on any atom is -0.381 e. The van der Waals surface area contributed by atoms with E-state index in [0.717, 1.165) is 57.8 Å². The molecule has 4 rings (SSSR count). The van der Waals surface area contributed by atoms with E-state index in [1.807, 2.05) is 23.0 Å². The van der Waals surface area contributed by atoms with Crippen LogP contribution in [-0.2, 0) is 21.4 Å². The van der Waals surface area contributed by atoms with Crippen LogP contribution in [0, 0.1) is 5.92 Å². The van der Waals surface area contributed by atoms with Crippen LogP contribution < -0.4 is 4.90 Å². The Morgan fingerprint density at radius 3 is 2.78 bits per heavy atom. The molecule has 0 aliphatic carbocycles. The molecule has 0 saturated carbocycles. The van der Waals surface area contributed by atoms with Crippen molar-refractivity contribution in [3.8, 4) is 0 Å². The van der Waals surface area contributed by atoms with Crippen molar-refractivity contribution in [3.05, 3.63) is 12.4 Å². The Kier molecular flexibility index (Phi) is 4.94. The van der Waals surface area contributed by atoms with Gasteiger partial charge in [0.2, 0.25) is 11.8 Å². The van der Waals surface area contributed by atoms with Crippen molar-refractivity contribution in [2.45, 2.75) is 31.7 Å². The summed E-state index contributed by atoms with van der Waals surface area (Å²) < 4.78 is 7.18. The summed E-state index contributed by atoms with van der Waals surface area (Å²) in [7, 11) is 1.85. The molecule has 27 heavy (non-hydrogen) atoms. The van der Waals surface area contributed by atoms with E-state index < -0.39 is 0 Å². The highest BCUT2D eigenvalue weighted by molar-refractivity contribution is 5.98. The molecule has 0 N–H and O–H groups in total. The van der Waals surface area contributed by atoms with Crippen LogP contribution in [0.2, 0.25) is 0 Å². The molecule has 1 spiro atoms. The van der Waals surface area contributed by atoms with E-state index in [9.17, 15) is 9.59 Å². The van der Waals surface area contributed by atoms with Crippen LogP contribution in [0.4, 0.5) is 5.69 Å². The second-order valence-corrected chi connectivity index (χ2v) is 8.22. The number of carbonyl (C=O) groups is 2. The molecule has 1 aromatic heterocycles. The summed E-state index contributed by atoms with van der Waals surface area (Å²) in [5, 5.41) is 4.21. The lowest BCUT2D eigenvalue weighted by atomic mass is 9.91. The minimum atomic E-state index is -0.305. The van der Waals surface area contributed by atoms with Crippen LogP contribution in [0.5, 0.6) is 0 Å². The number of hydrogen-bond acceptors (Lipinski definition) is 5. The number of rotatable bonds is 3. The number of nitrogens with zero attached hydrogens (tertiary/aromatic N) is 5. The van der Waals surface area contributed by atoms with E-state index in [0.29, 0.717) is 12.5 Å². The molecule has 0 unspecified atom stereocenters. The van der Waals surface area contributed by atoms with Gasteiger partial charge in [-0.15, -0.1) is 0 Å². The molecule has 3 fully saturated rings. The van der Waals surface area contributed by atoms with E-state index in [2.05, 4.69) is 10.00 Å². The third-order valence-electron chi connectivity index (χ3n) is 6.27. The molecule has 8 heteroatoms. The number of anilines is 1. The first-order chi connectivity index (χ1) is 13.0.